The average molecular weight is 333 g/mol. The lowest BCUT2D eigenvalue weighted by atomic mass is 9.99. The lowest BCUT2D eigenvalue weighted by Gasteiger charge is -2.31. The summed E-state index contributed by atoms with van der Waals surface area (Å²) < 4.78 is 11.1. The van der Waals surface area contributed by atoms with Crippen molar-refractivity contribution in [1.29, 1.82) is 0 Å². The Hall–Kier alpha value is -0.490. The van der Waals surface area contributed by atoms with Crippen LogP contribution in [0.4, 0.5) is 0 Å². The highest BCUT2D eigenvalue weighted by Gasteiger charge is 2.24. The first-order valence-corrected chi connectivity index (χ1v) is 6.51. The van der Waals surface area contributed by atoms with E-state index in [-0.39, 0.29) is 0 Å². The van der Waals surface area contributed by atoms with Crippen LogP contribution >= 0.6 is 22.6 Å². The van der Waals surface area contributed by atoms with Crippen LogP contribution in [0.1, 0.15) is 15.2 Å². The summed E-state index contributed by atoms with van der Waals surface area (Å²) in [5, 5.41) is 0. The zero-order valence-electron chi connectivity index (χ0n) is 9.79. The summed E-state index contributed by atoms with van der Waals surface area (Å²) in [6, 6.07) is 4.20. The lowest BCUT2D eigenvalue weighted by Crippen LogP contribution is -2.28. The number of halogens is 1. The van der Waals surface area contributed by atoms with Crippen molar-refractivity contribution in [2.45, 2.75) is 10.5 Å². The van der Waals surface area contributed by atoms with E-state index < -0.39 is 0 Å². The molecule has 0 amide bonds. The van der Waals surface area contributed by atoms with Crippen LogP contribution in [0.2, 0.25) is 0 Å². The first kappa shape index (κ1) is 12.0. The van der Waals surface area contributed by atoms with Crippen LogP contribution in [-0.2, 0) is 6.42 Å². The number of rotatable bonds is 2. The minimum Gasteiger partial charge on any atom is -0.493 e. The Kier molecular flexibility index (Phi) is 3.59. The fourth-order valence-electron chi connectivity index (χ4n) is 2.02. The molecule has 0 aromatic heterocycles. The third-order valence-corrected chi connectivity index (χ3v) is 4.64. The molecular weight excluding hydrogens is 317 g/mol. The van der Waals surface area contributed by atoms with Crippen molar-refractivity contribution in [3.05, 3.63) is 23.3 Å². The van der Waals surface area contributed by atoms with E-state index in [1.54, 1.807) is 14.2 Å². The lowest BCUT2D eigenvalue weighted by molar-refractivity contribution is 0.311. The van der Waals surface area contributed by atoms with E-state index in [2.05, 4.69) is 46.7 Å². The number of hydrogen-bond acceptors (Lipinski definition) is 3. The molecule has 0 radical (unpaired) electrons. The van der Waals surface area contributed by atoms with Crippen LogP contribution in [0.3, 0.4) is 0 Å². The minimum absolute atomic E-state index is 0.418. The topological polar surface area (TPSA) is 21.7 Å². The smallest absolute Gasteiger partial charge is 0.161 e. The van der Waals surface area contributed by atoms with Crippen molar-refractivity contribution in [2.75, 3.05) is 27.8 Å². The molecule has 0 saturated carbocycles. The molecule has 16 heavy (non-hydrogen) atoms. The van der Waals surface area contributed by atoms with Crippen molar-refractivity contribution in [3.8, 4) is 11.5 Å². The molecule has 1 aliphatic rings. The number of likely N-dealkylation sites (N-methyl/N-ethyl adjacent to an activating group) is 1. The highest BCUT2D eigenvalue weighted by atomic mass is 127. The van der Waals surface area contributed by atoms with Gasteiger partial charge in [0.1, 0.15) is 0 Å². The van der Waals surface area contributed by atoms with Gasteiger partial charge in [-0.05, 0) is 36.7 Å². The summed E-state index contributed by atoms with van der Waals surface area (Å²) in [5.41, 5.74) is 2.71. The molecule has 0 fully saturated rings. The summed E-state index contributed by atoms with van der Waals surface area (Å²) in [5.74, 6) is 1.65. The van der Waals surface area contributed by atoms with Crippen LogP contribution in [-0.4, -0.2) is 32.7 Å². The quantitative estimate of drug-likeness (QED) is 0.472. The summed E-state index contributed by atoms with van der Waals surface area (Å²) in [6.45, 7) is 1.09. The van der Waals surface area contributed by atoms with E-state index in [9.17, 15) is 0 Å². The van der Waals surface area contributed by atoms with Gasteiger partial charge >= 0.3 is 0 Å². The fraction of sp³-hybridized carbons (Fsp3) is 0.500. The highest BCUT2D eigenvalue weighted by Crippen LogP contribution is 2.40. The molecule has 2 rings (SSSR count). The largest absolute Gasteiger partial charge is 0.493 e. The molecule has 0 bridgehead atoms. The summed E-state index contributed by atoms with van der Waals surface area (Å²) in [4.78, 5) is 2.34. The van der Waals surface area contributed by atoms with Gasteiger partial charge < -0.3 is 9.47 Å². The Labute approximate surface area is 110 Å². The zero-order valence-corrected chi connectivity index (χ0v) is 11.9. The van der Waals surface area contributed by atoms with E-state index in [0.29, 0.717) is 4.05 Å². The minimum atomic E-state index is 0.418. The highest BCUT2D eigenvalue weighted by molar-refractivity contribution is 14.1. The Bertz CT molecular complexity index is 395. The van der Waals surface area contributed by atoms with Crippen molar-refractivity contribution in [3.63, 3.8) is 0 Å². The zero-order chi connectivity index (χ0) is 11.7. The Morgan fingerprint density at radius 2 is 1.88 bits per heavy atom. The van der Waals surface area contributed by atoms with Crippen molar-refractivity contribution in [1.82, 2.24) is 4.90 Å². The number of alkyl halides is 1. The molecule has 1 unspecified atom stereocenters. The molecule has 3 nitrogen and oxygen atoms in total. The molecule has 4 heteroatoms. The second kappa shape index (κ2) is 4.79. The molecule has 1 aromatic rings. The third kappa shape index (κ3) is 2.00. The second-order valence-corrected chi connectivity index (χ2v) is 5.15. The van der Waals surface area contributed by atoms with E-state index in [1.165, 1.54) is 11.1 Å². The van der Waals surface area contributed by atoms with Gasteiger partial charge in [0.05, 0.1) is 18.3 Å². The van der Waals surface area contributed by atoms with Crippen LogP contribution in [0.15, 0.2) is 12.1 Å². The SMILES string of the molecule is COc1cc2c(cc1OC)C(I)N(C)CC2. The Morgan fingerprint density at radius 1 is 1.25 bits per heavy atom. The van der Waals surface area contributed by atoms with Gasteiger partial charge in [-0.15, -0.1) is 0 Å². The summed E-state index contributed by atoms with van der Waals surface area (Å²) in [7, 11) is 5.51. The first-order valence-electron chi connectivity index (χ1n) is 5.26. The number of hydrogen-bond donors (Lipinski definition) is 0. The van der Waals surface area contributed by atoms with Crippen LogP contribution < -0.4 is 9.47 Å². The molecule has 1 aliphatic heterocycles. The van der Waals surface area contributed by atoms with Gasteiger partial charge in [-0.1, -0.05) is 22.6 Å². The van der Waals surface area contributed by atoms with Crippen LogP contribution in [0, 0.1) is 0 Å². The summed E-state index contributed by atoms with van der Waals surface area (Å²) in [6.07, 6.45) is 1.08. The van der Waals surface area contributed by atoms with Crippen LogP contribution in [0.25, 0.3) is 0 Å². The standard InChI is InChI=1S/C12H16INO2/c1-14-5-4-8-6-10(15-2)11(16-3)7-9(8)12(14)13/h6-7,12H,4-5H2,1-3H3. The number of nitrogens with zero attached hydrogens (tertiary/aromatic N) is 1. The monoisotopic (exact) mass is 333 g/mol. The predicted octanol–water partition coefficient (Wildman–Crippen LogP) is 2.63. The van der Waals surface area contributed by atoms with Crippen molar-refractivity contribution >= 4 is 22.6 Å². The maximum Gasteiger partial charge on any atom is 0.161 e. The molecule has 88 valence electrons. The van der Waals surface area contributed by atoms with Gasteiger partial charge in [0.2, 0.25) is 0 Å². The number of ether oxygens (including phenoxy) is 2. The van der Waals surface area contributed by atoms with Gasteiger partial charge in [0, 0.05) is 6.54 Å². The van der Waals surface area contributed by atoms with Gasteiger partial charge in [-0.3, -0.25) is 4.90 Å². The molecule has 0 saturated heterocycles. The molecule has 0 N–H and O–H groups in total. The average Bonchev–Trinajstić information content (AvgIpc) is 2.32. The number of fused-ring (bicyclic) bond motifs is 1. The first-order chi connectivity index (χ1) is 7.67. The van der Waals surface area contributed by atoms with Gasteiger partial charge in [-0.25, -0.2) is 0 Å². The fourth-order valence-corrected chi connectivity index (χ4v) is 2.88. The van der Waals surface area contributed by atoms with Crippen molar-refractivity contribution in [2.24, 2.45) is 0 Å². The van der Waals surface area contributed by atoms with E-state index >= 15 is 0 Å². The molecule has 1 atom stereocenters. The molecule has 1 heterocycles. The maximum atomic E-state index is 5.34. The third-order valence-electron chi connectivity index (χ3n) is 3.02. The molecule has 0 aliphatic carbocycles. The van der Waals surface area contributed by atoms with Gasteiger partial charge in [0.15, 0.2) is 11.5 Å². The summed E-state index contributed by atoms with van der Waals surface area (Å²) >= 11 is 2.46. The second-order valence-electron chi connectivity index (χ2n) is 3.97. The number of benzene rings is 1. The molecule has 1 aromatic carbocycles. The van der Waals surface area contributed by atoms with Gasteiger partial charge in [-0.2, -0.15) is 0 Å². The van der Waals surface area contributed by atoms with E-state index in [0.717, 1.165) is 24.5 Å². The van der Waals surface area contributed by atoms with Crippen molar-refractivity contribution < 1.29 is 9.47 Å². The maximum absolute atomic E-state index is 5.34. The molecular formula is C12H16INO2. The molecule has 0 spiro atoms. The van der Waals surface area contributed by atoms with E-state index in [1.807, 2.05) is 0 Å². The Balaban J connectivity index is 2.48. The predicted molar refractivity (Wildman–Crippen MR) is 72.6 cm³/mol. The van der Waals surface area contributed by atoms with Crippen LogP contribution in [0.5, 0.6) is 11.5 Å². The van der Waals surface area contributed by atoms with Gasteiger partial charge in [0.25, 0.3) is 0 Å². The Morgan fingerprint density at radius 3 is 2.50 bits per heavy atom. The van der Waals surface area contributed by atoms with E-state index in [4.69, 9.17) is 9.47 Å². The number of methoxy groups -OCH3 is 2. The normalized spacial score (nSPS) is 20.4.